The molecule has 0 bridgehead atoms. The molecular weight excluding hydrogens is 440 g/mol. The number of aliphatic carboxylic acids is 1. The van der Waals surface area contributed by atoms with Crippen LogP contribution >= 0.6 is 23.5 Å². The molecule has 30 heavy (non-hydrogen) atoms. The molecule has 2 aliphatic heterocycles. The summed E-state index contributed by atoms with van der Waals surface area (Å²) >= 11 is 1.80. The van der Waals surface area contributed by atoms with Gasteiger partial charge in [-0.05, 0) is 0 Å². The molecule has 2 aliphatic rings. The maximum atomic E-state index is 12.8. The molecule has 0 saturated carbocycles. The third-order valence-electron chi connectivity index (χ3n) is 4.34. The number of hydrogen-bond acceptors (Lipinski definition) is 11. The zero-order chi connectivity index (χ0) is 22.2. The van der Waals surface area contributed by atoms with Gasteiger partial charge in [-0.15, -0.1) is 11.8 Å². The van der Waals surface area contributed by atoms with Crippen LogP contribution in [-0.4, -0.2) is 71.8 Å². The lowest BCUT2D eigenvalue weighted by Crippen LogP contribution is -2.63. The fourth-order valence-corrected chi connectivity index (χ4v) is 5.47. The first kappa shape index (κ1) is 21.8. The van der Waals surface area contributed by atoms with E-state index in [0.29, 0.717) is 0 Å². The minimum absolute atomic E-state index is 0.0332. The fourth-order valence-electron chi connectivity index (χ4n) is 2.89. The van der Waals surface area contributed by atoms with E-state index in [1.165, 1.54) is 18.8 Å². The fraction of sp³-hybridized carbons (Fsp3) is 0.400. The van der Waals surface area contributed by atoms with Gasteiger partial charge in [-0.2, -0.15) is 4.98 Å². The highest BCUT2D eigenvalue weighted by atomic mass is 32.2. The van der Waals surface area contributed by atoms with Crippen molar-refractivity contribution >= 4 is 47.4 Å². The standard InChI is InChI=1S/C15H16N6O7S2/c1-20-14(18-11(24)12(25)19-20)29-5-6-10(13(26)27)21-8(23)3-9(21)30-15(6,16)7(22)4-17-28-2/h4,9H,3,5,16H2,1-2H3,(H,19,25)(H,26,27). The number of carbonyl (C=O) groups is 3. The quantitative estimate of drug-likeness (QED) is 0.136. The van der Waals surface area contributed by atoms with Crippen LogP contribution < -0.4 is 16.9 Å². The van der Waals surface area contributed by atoms with Gasteiger partial charge in [0, 0.05) is 18.4 Å². The van der Waals surface area contributed by atoms with Gasteiger partial charge in [0.15, 0.2) is 10.0 Å². The second-order valence-corrected chi connectivity index (χ2v) is 8.54. The van der Waals surface area contributed by atoms with E-state index in [1.807, 2.05) is 0 Å². The number of β-lactam (4-membered cyclic amide) rings is 1. The van der Waals surface area contributed by atoms with Gasteiger partial charge in [-0.1, -0.05) is 16.9 Å². The highest BCUT2D eigenvalue weighted by Gasteiger charge is 2.55. The normalized spacial score (nSPS) is 23.4. The summed E-state index contributed by atoms with van der Waals surface area (Å²) in [6, 6.07) is 0. The molecule has 3 heterocycles. The van der Waals surface area contributed by atoms with Crippen molar-refractivity contribution < 1.29 is 24.3 Å². The van der Waals surface area contributed by atoms with Crippen LogP contribution in [0.3, 0.4) is 0 Å². The number of rotatable bonds is 7. The van der Waals surface area contributed by atoms with E-state index in [1.54, 1.807) is 0 Å². The van der Waals surface area contributed by atoms with Crippen molar-refractivity contribution in [3.63, 3.8) is 0 Å². The molecule has 1 saturated heterocycles. The Balaban J connectivity index is 2.08. The highest BCUT2D eigenvalue weighted by Crippen LogP contribution is 2.49. The summed E-state index contributed by atoms with van der Waals surface area (Å²) in [5.41, 5.74) is 3.93. The summed E-state index contributed by atoms with van der Waals surface area (Å²) in [6.45, 7) is 0. The molecule has 1 fully saturated rings. The molecule has 3 rings (SSSR count). The number of H-pyrrole nitrogens is 1. The first-order valence-electron chi connectivity index (χ1n) is 8.27. The van der Waals surface area contributed by atoms with Crippen molar-refractivity contribution in [2.45, 2.75) is 21.8 Å². The summed E-state index contributed by atoms with van der Waals surface area (Å²) in [5.74, 6) is -2.79. The Kier molecular flexibility index (Phi) is 5.87. The Bertz CT molecular complexity index is 1110. The van der Waals surface area contributed by atoms with E-state index in [0.717, 1.165) is 34.6 Å². The average Bonchev–Trinajstić information content (AvgIpc) is 2.67. The number of thioether (sulfide) groups is 2. The molecule has 1 aromatic heterocycles. The molecule has 15 heteroatoms. The van der Waals surface area contributed by atoms with Crippen molar-refractivity contribution in [1.82, 2.24) is 19.7 Å². The zero-order valence-electron chi connectivity index (χ0n) is 15.6. The molecule has 2 atom stereocenters. The molecule has 1 amide bonds. The number of Topliss-reactive ketones (excluding diaryl/α,β-unsaturated/α-hetero) is 1. The van der Waals surface area contributed by atoms with Crippen molar-refractivity contribution in [3.05, 3.63) is 32.0 Å². The first-order valence-corrected chi connectivity index (χ1v) is 10.1. The van der Waals surface area contributed by atoms with E-state index in [-0.39, 0.29) is 22.9 Å². The zero-order valence-corrected chi connectivity index (χ0v) is 17.3. The number of fused-ring (bicyclic) bond motifs is 1. The van der Waals surface area contributed by atoms with Crippen molar-refractivity contribution in [3.8, 4) is 0 Å². The van der Waals surface area contributed by atoms with Gasteiger partial charge in [-0.3, -0.25) is 33.9 Å². The number of aromatic nitrogens is 3. The molecule has 160 valence electrons. The number of hydrogen-bond donors (Lipinski definition) is 3. The highest BCUT2D eigenvalue weighted by molar-refractivity contribution is 8.02. The number of carboxylic acids is 1. The van der Waals surface area contributed by atoms with Gasteiger partial charge in [0.05, 0.1) is 11.8 Å². The summed E-state index contributed by atoms with van der Waals surface area (Å²) in [7, 11) is 2.66. The largest absolute Gasteiger partial charge is 0.477 e. The molecule has 13 nitrogen and oxygen atoms in total. The summed E-state index contributed by atoms with van der Waals surface area (Å²) in [5, 5.41) is 14.9. The maximum absolute atomic E-state index is 12.8. The monoisotopic (exact) mass is 456 g/mol. The third kappa shape index (κ3) is 3.66. The van der Waals surface area contributed by atoms with Crippen LogP contribution in [0.15, 0.2) is 31.2 Å². The lowest BCUT2D eigenvalue weighted by atomic mass is 9.98. The van der Waals surface area contributed by atoms with Gasteiger partial charge in [0.1, 0.15) is 19.0 Å². The van der Waals surface area contributed by atoms with Crippen LogP contribution in [0.2, 0.25) is 0 Å². The molecule has 0 spiro atoms. The van der Waals surface area contributed by atoms with Crippen LogP contribution in [0.5, 0.6) is 0 Å². The Morgan fingerprint density at radius 3 is 2.80 bits per heavy atom. The van der Waals surface area contributed by atoms with Crippen LogP contribution in [0, 0.1) is 0 Å². The lowest BCUT2D eigenvalue weighted by Gasteiger charge is -2.49. The van der Waals surface area contributed by atoms with Gasteiger partial charge < -0.3 is 15.7 Å². The molecule has 4 N–H and O–H groups in total. The van der Waals surface area contributed by atoms with E-state index in [2.05, 4.69) is 20.1 Å². The number of carbonyl (C=O) groups excluding carboxylic acids is 2. The minimum Gasteiger partial charge on any atom is -0.477 e. The van der Waals surface area contributed by atoms with Crippen LogP contribution in [-0.2, 0) is 26.3 Å². The molecule has 0 radical (unpaired) electrons. The Morgan fingerprint density at radius 1 is 1.50 bits per heavy atom. The number of oxime groups is 1. The number of nitrogens with one attached hydrogen (secondary N) is 1. The Hall–Kier alpha value is -2.91. The van der Waals surface area contributed by atoms with Crippen molar-refractivity contribution in [2.75, 3.05) is 12.9 Å². The predicted molar refractivity (Wildman–Crippen MR) is 106 cm³/mol. The number of ketones is 1. The third-order valence-corrected chi connectivity index (χ3v) is 6.87. The van der Waals surface area contributed by atoms with Crippen LogP contribution in [0.25, 0.3) is 0 Å². The first-order chi connectivity index (χ1) is 14.1. The molecule has 1 aromatic rings. The molecular formula is C15H16N6O7S2. The van der Waals surface area contributed by atoms with Gasteiger partial charge in [0.2, 0.25) is 11.7 Å². The molecule has 2 unspecified atom stereocenters. The van der Waals surface area contributed by atoms with Gasteiger partial charge >= 0.3 is 17.1 Å². The van der Waals surface area contributed by atoms with Gasteiger partial charge in [-0.25, -0.2) is 4.79 Å². The molecule has 0 aromatic carbocycles. The SMILES string of the molecule is CON=CC(=O)C1(N)SC2CC(=O)N2C(C(=O)O)=C1CSc1nc(=O)c(=O)[nH]n1C. The smallest absolute Gasteiger partial charge is 0.352 e. The molecule has 0 aliphatic carbocycles. The van der Waals surface area contributed by atoms with E-state index in [9.17, 15) is 29.1 Å². The number of aromatic amines is 1. The predicted octanol–water partition coefficient (Wildman–Crippen LogP) is -1.94. The minimum atomic E-state index is -1.84. The maximum Gasteiger partial charge on any atom is 0.352 e. The summed E-state index contributed by atoms with van der Waals surface area (Å²) in [4.78, 5) is 67.1. The second-order valence-electron chi connectivity index (χ2n) is 6.18. The van der Waals surface area contributed by atoms with Crippen molar-refractivity contribution in [1.29, 1.82) is 0 Å². The average molecular weight is 456 g/mol. The number of amides is 1. The van der Waals surface area contributed by atoms with Crippen molar-refractivity contribution in [2.24, 2.45) is 17.9 Å². The Morgan fingerprint density at radius 2 is 2.20 bits per heavy atom. The van der Waals surface area contributed by atoms with Crippen LogP contribution in [0.4, 0.5) is 0 Å². The summed E-state index contributed by atoms with van der Waals surface area (Å²) in [6.07, 6.45) is 0.868. The van der Waals surface area contributed by atoms with Gasteiger partial charge in [0.25, 0.3) is 0 Å². The topological polar surface area (TPSA) is 190 Å². The van der Waals surface area contributed by atoms with E-state index < -0.39 is 44.7 Å². The summed E-state index contributed by atoms with van der Waals surface area (Å²) < 4.78 is 1.18. The number of aryl methyl sites for hydroxylation is 1. The number of carboxylic acid groups (broad SMARTS) is 1. The van der Waals surface area contributed by atoms with E-state index in [4.69, 9.17) is 5.73 Å². The van der Waals surface area contributed by atoms with E-state index >= 15 is 0 Å². The van der Waals surface area contributed by atoms with Crippen LogP contribution in [0.1, 0.15) is 6.42 Å². The Labute approximate surface area is 176 Å². The number of nitrogens with two attached hydrogens (primary N) is 1. The number of nitrogens with zero attached hydrogens (tertiary/aromatic N) is 4. The lowest BCUT2D eigenvalue weighted by molar-refractivity contribution is -0.146. The second kappa shape index (κ2) is 8.08.